The minimum atomic E-state index is 0.332. The van der Waals surface area contributed by atoms with Gasteiger partial charge in [-0.1, -0.05) is 107 Å². The maximum absolute atomic E-state index is 3.59. The number of anilines is 1. The fraction of sp³-hybridized carbons (Fsp3) is 0.538. The Labute approximate surface area is 167 Å². The molecule has 0 heterocycles. The molecule has 0 fully saturated rings. The summed E-state index contributed by atoms with van der Waals surface area (Å²) in [6.07, 6.45) is 15.3. The maximum Gasteiger partial charge on any atom is 0.0485 e. The lowest BCUT2D eigenvalue weighted by Gasteiger charge is -2.16. The van der Waals surface area contributed by atoms with Gasteiger partial charge in [0.2, 0.25) is 0 Å². The standard InChI is InChI=1S/C26H39N/c1-3-4-5-6-7-8-9-10-11-13-16-24-19-21-26(22-20-24)27-23(2)25-17-14-12-15-18-25/h12,14-15,17-23,27H,3-11,13,16H2,1-2H3. The zero-order valence-corrected chi connectivity index (χ0v) is 17.6. The molecular formula is C26H39N. The van der Waals surface area contributed by atoms with E-state index in [1.54, 1.807) is 0 Å². The van der Waals surface area contributed by atoms with Crippen LogP contribution < -0.4 is 5.32 Å². The van der Waals surface area contributed by atoms with Crippen molar-refractivity contribution in [2.75, 3.05) is 5.32 Å². The van der Waals surface area contributed by atoms with Crippen LogP contribution in [0.2, 0.25) is 0 Å². The lowest BCUT2D eigenvalue weighted by Crippen LogP contribution is -2.06. The Kier molecular flexibility index (Phi) is 10.7. The topological polar surface area (TPSA) is 12.0 Å². The van der Waals surface area contributed by atoms with E-state index in [1.807, 2.05) is 0 Å². The second-order valence-corrected chi connectivity index (χ2v) is 7.91. The van der Waals surface area contributed by atoms with Gasteiger partial charge in [0.05, 0.1) is 0 Å². The summed E-state index contributed by atoms with van der Waals surface area (Å²) in [7, 11) is 0. The van der Waals surface area contributed by atoms with Crippen LogP contribution in [-0.4, -0.2) is 0 Å². The van der Waals surface area contributed by atoms with Crippen LogP contribution >= 0.6 is 0 Å². The van der Waals surface area contributed by atoms with Crippen LogP contribution in [0.15, 0.2) is 54.6 Å². The first-order valence-electron chi connectivity index (χ1n) is 11.2. The van der Waals surface area contributed by atoms with E-state index < -0.39 is 0 Å². The van der Waals surface area contributed by atoms with Gasteiger partial charge in [0.1, 0.15) is 0 Å². The second-order valence-electron chi connectivity index (χ2n) is 7.91. The number of unbranched alkanes of at least 4 members (excludes halogenated alkanes) is 9. The number of rotatable bonds is 14. The van der Waals surface area contributed by atoms with E-state index in [0.717, 1.165) is 0 Å². The van der Waals surface area contributed by atoms with Crippen LogP contribution in [0.4, 0.5) is 5.69 Å². The van der Waals surface area contributed by atoms with Gasteiger partial charge >= 0.3 is 0 Å². The first kappa shape index (κ1) is 21.5. The molecule has 0 aliphatic rings. The minimum absolute atomic E-state index is 0.332. The average Bonchev–Trinajstić information content (AvgIpc) is 2.71. The highest BCUT2D eigenvalue weighted by Crippen LogP contribution is 2.20. The van der Waals surface area contributed by atoms with Crippen LogP contribution in [0.25, 0.3) is 0 Å². The number of benzene rings is 2. The molecule has 1 atom stereocenters. The quantitative estimate of drug-likeness (QED) is 0.332. The zero-order chi connectivity index (χ0) is 19.2. The van der Waals surface area contributed by atoms with Gasteiger partial charge < -0.3 is 5.32 Å². The average molecular weight is 366 g/mol. The van der Waals surface area contributed by atoms with E-state index in [1.165, 1.54) is 87.4 Å². The summed E-state index contributed by atoms with van der Waals surface area (Å²) in [5.41, 5.74) is 4.00. The molecule has 0 aromatic heterocycles. The smallest absolute Gasteiger partial charge is 0.0485 e. The molecule has 0 bridgehead atoms. The number of aryl methyl sites for hydroxylation is 1. The molecule has 0 aliphatic carbocycles. The minimum Gasteiger partial charge on any atom is -0.379 e. The molecule has 0 spiro atoms. The van der Waals surface area contributed by atoms with Gasteiger partial charge in [-0.3, -0.25) is 0 Å². The Morgan fingerprint density at radius 2 is 1.22 bits per heavy atom. The number of hydrogen-bond donors (Lipinski definition) is 1. The predicted molar refractivity (Wildman–Crippen MR) is 120 cm³/mol. The van der Waals surface area contributed by atoms with Crippen molar-refractivity contribution >= 4 is 5.69 Å². The van der Waals surface area contributed by atoms with Gasteiger partial charge in [-0.2, -0.15) is 0 Å². The lowest BCUT2D eigenvalue weighted by molar-refractivity contribution is 0.556. The van der Waals surface area contributed by atoms with E-state index in [0.29, 0.717) is 6.04 Å². The van der Waals surface area contributed by atoms with Gasteiger partial charge in [0.25, 0.3) is 0 Å². The summed E-state index contributed by atoms with van der Waals surface area (Å²) in [6.45, 7) is 4.50. The summed E-state index contributed by atoms with van der Waals surface area (Å²) in [5.74, 6) is 0. The van der Waals surface area contributed by atoms with Gasteiger partial charge in [0.15, 0.2) is 0 Å². The molecule has 0 aliphatic heterocycles. The Morgan fingerprint density at radius 3 is 1.81 bits per heavy atom. The van der Waals surface area contributed by atoms with Crippen molar-refractivity contribution in [2.24, 2.45) is 0 Å². The van der Waals surface area contributed by atoms with Gasteiger partial charge in [0, 0.05) is 11.7 Å². The molecule has 2 rings (SSSR count). The third kappa shape index (κ3) is 9.13. The van der Waals surface area contributed by atoms with E-state index in [9.17, 15) is 0 Å². The Hall–Kier alpha value is -1.76. The van der Waals surface area contributed by atoms with E-state index in [2.05, 4.69) is 73.8 Å². The molecule has 0 radical (unpaired) electrons. The summed E-state index contributed by atoms with van der Waals surface area (Å²) in [5, 5.41) is 3.59. The third-order valence-corrected chi connectivity index (χ3v) is 5.46. The number of hydrogen-bond acceptors (Lipinski definition) is 1. The SMILES string of the molecule is CCCCCCCCCCCCc1ccc(NC(C)c2ccccc2)cc1. The van der Waals surface area contributed by atoms with Crippen molar-refractivity contribution in [3.63, 3.8) is 0 Å². The molecule has 1 heteroatoms. The van der Waals surface area contributed by atoms with Gasteiger partial charge in [-0.05, 0) is 43.0 Å². The summed E-state index contributed by atoms with van der Waals surface area (Å²) in [6, 6.07) is 20.0. The zero-order valence-electron chi connectivity index (χ0n) is 17.6. The van der Waals surface area contributed by atoms with Gasteiger partial charge in [-0.25, -0.2) is 0 Å². The monoisotopic (exact) mass is 365 g/mol. The Bertz CT molecular complexity index is 587. The van der Waals surface area contributed by atoms with E-state index in [4.69, 9.17) is 0 Å². The van der Waals surface area contributed by atoms with Crippen molar-refractivity contribution in [1.82, 2.24) is 0 Å². The Balaban J connectivity index is 1.56. The molecule has 0 amide bonds. The van der Waals surface area contributed by atoms with E-state index >= 15 is 0 Å². The van der Waals surface area contributed by atoms with E-state index in [-0.39, 0.29) is 0 Å². The van der Waals surface area contributed by atoms with Crippen molar-refractivity contribution in [1.29, 1.82) is 0 Å². The van der Waals surface area contributed by atoms with Crippen molar-refractivity contribution in [2.45, 2.75) is 90.5 Å². The molecular weight excluding hydrogens is 326 g/mol. The summed E-state index contributed by atoms with van der Waals surface area (Å²) < 4.78 is 0. The fourth-order valence-corrected chi connectivity index (χ4v) is 3.66. The third-order valence-electron chi connectivity index (χ3n) is 5.46. The molecule has 27 heavy (non-hydrogen) atoms. The predicted octanol–water partition coefficient (Wildman–Crippen LogP) is 8.32. The first-order chi connectivity index (χ1) is 13.3. The van der Waals surface area contributed by atoms with Crippen LogP contribution in [0.5, 0.6) is 0 Å². The highest BCUT2D eigenvalue weighted by Gasteiger charge is 2.04. The largest absolute Gasteiger partial charge is 0.379 e. The van der Waals surface area contributed by atoms with Crippen molar-refractivity contribution < 1.29 is 0 Å². The molecule has 2 aromatic carbocycles. The molecule has 1 N–H and O–H groups in total. The van der Waals surface area contributed by atoms with Gasteiger partial charge in [-0.15, -0.1) is 0 Å². The van der Waals surface area contributed by atoms with Crippen LogP contribution in [-0.2, 0) is 6.42 Å². The van der Waals surface area contributed by atoms with Crippen LogP contribution in [0.3, 0.4) is 0 Å². The molecule has 0 saturated carbocycles. The fourth-order valence-electron chi connectivity index (χ4n) is 3.66. The highest BCUT2D eigenvalue weighted by atomic mass is 14.9. The lowest BCUT2D eigenvalue weighted by atomic mass is 10.0. The molecule has 1 unspecified atom stereocenters. The second kappa shape index (κ2) is 13.4. The Morgan fingerprint density at radius 1 is 0.667 bits per heavy atom. The van der Waals surface area contributed by atoms with Crippen molar-refractivity contribution in [3.8, 4) is 0 Å². The number of nitrogens with one attached hydrogen (secondary N) is 1. The molecule has 1 nitrogen and oxygen atoms in total. The van der Waals surface area contributed by atoms with Crippen molar-refractivity contribution in [3.05, 3.63) is 65.7 Å². The first-order valence-corrected chi connectivity index (χ1v) is 11.2. The summed E-state index contributed by atoms with van der Waals surface area (Å²) in [4.78, 5) is 0. The van der Waals surface area contributed by atoms with Crippen LogP contribution in [0, 0.1) is 0 Å². The van der Waals surface area contributed by atoms with Crippen LogP contribution in [0.1, 0.15) is 95.2 Å². The molecule has 2 aromatic rings. The summed E-state index contributed by atoms with van der Waals surface area (Å²) >= 11 is 0. The molecule has 148 valence electrons. The maximum atomic E-state index is 3.59. The normalized spacial score (nSPS) is 12.1. The molecule has 0 saturated heterocycles. The highest BCUT2D eigenvalue weighted by molar-refractivity contribution is 5.46.